The Morgan fingerprint density at radius 1 is 1.00 bits per heavy atom. The van der Waals surface area contributed by atoms with Crippen LogP contribution in [0.25, 0.3) is 11.1 Å². The largest absolute Gasteiger partial charge is 0.478 e. The minimum Gasteiger partial charge on any atom is -0.478 e. The number of carboxylic acids is 1. The van der Waals surface area contributed by atoms with Crippen molar-refractivity contribution in [3.63, 3.8) is 0 Å². The first kappa shape index (κ1) is 23.9. The first-order valence-electron chi connectivity index (χ1n) is 10.8. The minimum absolute atomic E-state index is 0.0351. The molecule has 1 unspecified atom stereocenters. The van der Waals surface area contributed by atoms with E-state index in [1.165, 1.54) is 13.2 Å². The number of anilines is 1. The second-order valence-corrected chi connectivity index (χ2v) is 7.97. The summed E-state index contributed by atoms with van der Waals surface area (Å²) in [6, 6.07) is 17.9. The molecule has 3 N–H and O–H groups in total. The van der Waals surface area contributed by atoms with E-state index in [2.05, 4.69) is 10.6 Å². The number of carbonyl (C=O) groups excluding carboxylic acids is 2. The molecule has 8 nitrogen and oxygen atoms in total. The van der Waals surface area contributed by atoms with Gasteiger partial charge in [-0.3, -0.25) is 4.79 Å². The molecule has 0 aromatic heterocycles. The van der Waals surface area contributed by atoms with E-state index in [-0.39, 0.29) is 24.8 Å². The van der Waals surface area contributed by atoms with Gasteiger partial charge in [0, 0.05) is 18.7 Å². The smallest absolute Gasteiger partial charge is 0.407 e. The Balaban J connectivity index is 1.40. The van der Waals surface area contributed by atoms with Crippen LogP contribution in [-0.4, -0.2) is 49.4 Å². The van der Waals surface area contributed by atoms with E-state index >= 15 is 0 Å². The van der Waals surface area contributed by atoms with E-state index < -0.39 is 35.4 Å². The van der Waals surface area contributed by atoms with Crippen LogP contribution in [-0.2, 0) is 14.3 Å². The van der Waals surface area contributed by atoms with Gasteiger partial charge >= 0.3 is 12.1 Å². The van der Waals surface area contributed by atoms with Crippen molar-refractivity contribution in [1.29, 1.82) is 0 Å². The number of halogens is 1. The quantitative estimate of drug-likeness (QED) is 0.451. The number of fused-ring (bicyclic) bond motifs is 3. The summed E-state index contributed by atoms with van der Waals surface area (Å²) in [7, 11) is 1.36. The van der Waals surface area contributed by atoms with Gasteiger partial charge in [-0.05, 0) is 40.5 Å². The zero-order valence-corrected chi connectivity index (χ0v) is 18.8. The lowest BCUT2D eigenvalue weighted by Crippen LogP contribution is -2.47. The predicted octanol–water partition coefficient (Wildman–Crippen LogP) is 4.02. The lowest BCUT2D eigenvalue weighted by atomic mass is 9.98. The molecule has 0 saturated carbocycles. The molecule has 1 aliphatic carbocycles. The molecule has 0 bridgehead atoms. The number of nitrogens with one attached hydrogen (secondary N) is 2. The minimum atomic E-state index is -1.42. The fraction of sp³-hybridized carbons (Fsp3) is 0.192. The van der Waals surface area contributed by atoms with Crippen LogP contribution in [0.2, 0.25) is 0 Å². The van der Waals surface area contributed by atoms with Crippen molar-refractivity contribution in [2.75, 3.05) is 25.6 Å². The van der Waals surface area contributed by atoms with Gasteiger partial charge in [-0.2, -0.15) is 0 Å². The predicted molar refractivity (Wildman–Crippen MR) is 126 cm³/mol. The number of methoxy groups -OCH3 is 1. The van der Waals surface area contributed by atoms with Crippen LogP contribution in [0.1, 0.15) is 27.4 Å². The maximum atomic E-state index is 13.9. The maximum absolute atomic E-state index is 13.9. The number of carboxylic acid groups (broad SMARTS) is 1. The van der Waals surface area contributed by atoms with E-state index in [1.807, 2.05) is 48.5 Å². The third kappa shape index (κ3) is 5.15. The standard InChI is InChI=1S/C26H23FN2O6/c1-34-14-23(24(30)28-15-10-11-20(25(31)32)22(27)12-15)29-26(33)35-13-21-18-8-4-2-6-16(18)17-7-3-5-9-19(17)21/h2-12,21,23H,13-14H2,1H3,(H,28,30)(H,29,33)(H,31,32). The van der Waals surface area contributed by atoms with E-state index in [1.54, 1.807) is 0 Å². The number of aromatic carboxylic acids is 1. The third-order valence-corrected chi connectivity index (χ3v) is 5.75. The van der Waals surface area contributed by atoms with Crippen molar-refractivity contribution in [1.82, 2.24) is 5.32 Å². The van der Waals surface area contributed by atoms with Crippen molar-refractivity contribution >= 4 is 23.7 Å². The van der Waals surface area contributed by atoms with E-state index in [0.717, 1.165) is 34.4 Å². The number of hydrogen-bond acceptors (Lipinski definition) is 5. The maximum Gasteiger partial charge on any atom is 0.407 e. The first-order chi connectivity index (χ1) is 16.9. The molecule has 180 valence electrons. The molecule has 0 saturated heterocycles. The molecule has 0 spiro atoms. The molecule has 35 heavy (non-hydrogen) atoms. The molecule has 1 aliphatic rings. The summed E-state index contributed by atoms with van der Waals surface area (Å²) >= 11 is 0. The van der Waals surface area contributed by atoms with E-state index in [0.29, 0.717) is 0 Å². The summed E-state index contributed by atoms with van der Waals surface area (Å²) < 4.78 is 24.4. The Labute approximate surface area is 200 Å². The number of benzene rings is 3. The Hall–Kier alpha value is -4.24. The molecule has 3 aromatic rings. The van der Waals surface area contributed by atoms with Gasteiger partial charge in [0.1, 0.15) is 18.5 Å². The molecule has 0 fully saturated rings. The summed E-state index contributed by atoms with van der Waals surface area (Å²) in [5.74, 6) is -3.24. The van der Waals surface area contributed by atoms with Gasteiger partial charge in [-0.15, -0.1) is 0 Å². The van der Waals surface area contributed by atoms with Crippen LogP contribution in [0.3, 0.4) is 0 Å². The SMILES string of the molecule is COCC(NC(=O)OCC1c2ccccc2-c2ccccc21)C(=O)Nc1ccc(C(=O)O)c(F)c1. The van der Waals surface area contributed by atoms with Gasteiger partial charge in [-0.25, -0.2) is 14.0 Å². The molecule has 4 rings (SSSR count). The lowest BCUT2D eigenvalue weighted by molar-refractivity contribution is -0.119. The van der Waals surface area contributed by atoms with Crippen LogP contribution >= 0.6 is 0 Å². The highest BCUT2D eigenvalue weighted by atomic mass is 19.1. The molecule has 0 aliphatic heterocycles. The molecule has 0 radical (unpaired) electrons. The Kier molecular flexibility index (Phi) is 7.07. The molecule has 0 heterocycles. The monoisotopic (exact) mass is 478 g/mol. The van der Waals surface area contributed by atoms with Crippen LogP contribution in [0, 0.1) is 5.82 Å². The average Bonchev–Trinajstić information content (AvgIpc) is 3.16. The second-order valence-electron chi connectivity index (χ2n) is 7.97. The molecule has 1 atom stereocenters. The number of amides is 2. The van der Waals surface area contributed by atoms with Crippen molar-refractivity contribution in [2.45, 2.75) is 12.0 Å². The third-order valence-electron chi connectivity index (χ3n) is 5.75. The fourth-order valence-electron chi connectivity index (χ4n) is 4.13. The Bertz CT molecular complexity index is 1230. The van der Waals surface area contributed by atoms with Crippen molar-refractivity contribution in [2.24, 2.45) is 0 Å². The number of alkyl carbamates (subject to hydrolysis) is 1. The van der Waals surface area contributed by atoms with Crippen LogP contribution < -0.4 is 10.6 Å². The van der Waals surface area contributed by atoms with Crippen LogP contribution in [0.15, 0.2) is 66.7 Å². The fourth-order valence-corrected chi connectivity index (χ4v) is 4.13. The summed E-state index contributed by atoms with van der Waals surface area (Å²) in [5.41, 5.74) is 3.81. The second kappa shape index (κ2) is 10.4. The van der Waals surface area contributed by atoms with Gasteiger partial charge in [0.2, 0.25) is 5.91 Å². The molecular formula is C26H23FN2O6. The zero-order chi connectivity index (χ0) is 24.9. The first-order valence-corrected chi connectivity index (χ1v) is 10.8. The van der Waals surface area contributed by atoms with Gasteiger partial charge in [-0.1, -0.05) is 48.5 Å². The number of carbonyl (C=O) groups is 3. The van der Waals surface area contributed by atoms with E-state index in [9.17, 15) is 18.8 Å². The van der Waals surface area contributed by atoms with Crippen molar-refractivity contribution in [3.05, 3.63) is 89.2 Å². The molecule has 2 amide bonds. The highest BCUT2D eigenvalue weighted by Crippen LogP contribution is 2.44. The average molecular weight is 478 g/mol. The van der Waals surface area contributed by atoms with Gasteiger partial charge in [0.05, 0.1) is 12.2 Å². The van der Waals surface area contributed by atoms with Crippen molar-refractivity contribution in [3.8, 4) is 11.1 Å². The summed E-state index contributed by atoms with van der Waals surface area (Å²) in [6.07, 6.45) is -0.809. The Morgan fingerprint density at radius 2 is 1.63 bits per heavy atom. The van der Waals surface area contributed by atoms with Crippen LogP contribution in [0.5, 0.6) is 0 Å². The number of hydrogen-bond donors (Lipinski definition) is 3. The Morgan fingerprint density at radius 3 is 2.20 bits per heavy atom. The van der Waals surface area contributed by atoms with Gasteiger partial charge < -0.3 is 25.2 Å². The molecule has 3 aromatic carbocycles. The topological polar surface area (TPSA) is 114 Å². The summed E-state index contributed by atoms with van der Waals surface area (Å²) in [5, 5.41) is 13.8. The number of rotatable bonds is 8. The van der Waals surface area contributed by atoms with E-state index in [4.69, 9.17) is 14.6 Å². The normalized spacial score (nSPS) is 12.9. The summed E-state index contributed by atoms with van der Waals surface area (Å²) in [6.45, 7) is -0.0885. The number of ether oxygens (including phenoxy) is 2. The van der Waals surface area contributed by atoms with Crippen LogP contribution in [0.4, 0.5) is 14.9 Å². The highest BCUT2D eigenvalue weighted by molar-refractivity contribution is 5.97. The van der Waals surface area contributed by atoms with Gasteiger partial charge in [0.25, 0.3) is 0 Å². The van der Waals surface area contributed by atoms with Crippen molar-refractivity contribution < 1.29 is 33.4 Å². The lowest BCUT2D eigenvalue weighted by Gasteiger charge is -2.19. The summed E-state index contributed by atoms with van der Waals surface area (Å²) in [4.78, 5) is 36.2. The zero-order valence-electron chi connectivity index (χ0n) is 18.8. The molecular weight excluding hydrogens is 455 g/mol. The highest BCUT2D eigenvalue weighted by Gasteiger charge is 2.30. The molecule has 9 heteroatoms. The van der Waals surface area contributed by atoms with Gasteiger partial charge in [0.15, 0.2) is 0 Å².